The molecule has 1 aliphatic heterocycles. The van der Waals surface area contributed by atoms with Gasteiger partial charge in [0.1, 0.15) is 11.6 Å². The van der Waals surface area contributed by atoms with Gasteiger partial charge in [-0.25, -0.2) is 8.78 Å². The van der Waals surface area contributed by atoms with E-state index in [4.69, 9.17) is 10.5 Å². The van der Waals surface area contributed by atoms with E-state index in [1.165, 1.54) is 11.8 Å². The Morgan fingerprint density at radius 2 is 1.83 bits per heavy atom. The molecule has 18 heavy (non-hydrogen) atoms. The molecule has 0 saturated carbocycles. The molecule has 1 aromatic rings. The molecule has 1 aliphatic rings. The number of nitrogen functional groups attached to an aromatic ring is 1. The molecule has 1 aromatic carbocycles. The first-order chi connectivity index (χ1) is 8.66. The minimum atomic E-state index is -0.584. The molecule has 0 radical (unpaired) electrons. The van der Waals surface area contributed by atoms with Gasteiger partial charge in [-0.1, -0.05) is 0 Å². The predicted octanol–water partition coefficient (Wildman–Crippen LogP) is 1.97. The highest BCUT2D eigenvalue weighted by Gasteiger charge is 2.13. The molecule has 0 atom stereocenters. The number of halogens is 2. The molecule has 1 heterocycles. The highest BCUT2D eigenvalue weighted by molar-refractivity contribution is 7.99. The summed E-state index contributed by atoms with van der Waals surface area (Å²) in [4.78, 5) is 2.28. The molecule has 3 nitrogen and oxygen atoms in total. The quantitative estimate of drug-likeness (QED) is 0.673. The maximum Gasteiger partial charge on any atom is 0.141 e. The molecular weight excluding hydrogens is 258 g/mol. The number of morpholine rings is 1. The monoisotopic (exact) mass is 274 g/mol. The summed E-state index contributed by atoms with van der Waals surface area (Å²) in [6, 6.07) is 2.31. The van der Waals surface area contributed by atoms with Crippen LogP contribution >= 0.6 is 11.8 Å². The zero-order chi connectivity index (χ0) is 13.0. The van der Waals surface area contributed by atoms with Crippen molar-refractivity contribution >= 4 is 17.4 Å². The number of nitrogens with two attached hydrogens (primary N) is 1. The van der Waals surface area contributed by atoms with Crippen molar-refractivity contribution in [3.05, 3.63) is 23.8 Å². The fraction of sp³-hybridized carbons (Fsp3) is 0.500. The van der Waals surface area contributed by atoms with E-state index in [1.54, 1.807) is 0 Å². The van der Waals surface area contributed by atoms with Crippen LogP contribution in [-0.4, -0.2) is 43.5 Å². The van der Waals surface area contributed by atoms with Crippen molar-refractivity contribution in [1.29, 1.82) is 0 Å². The van der Waals surface area contributed by atoms with Gasteiger partial charge in [0.15, 0.2) is 0 Å². The van der Waals surface area contributed by atoms with Gasteiger partial charge in [-0.3, -0.25) is 4.90 Å². The van der Waals surface area contributed by atoms with Crippen molar-refractivity contribution < 1.29 is 13.5 Å². The Bertz CT molecular complexity index is 388. The van der Waals surface area contributed by atoms with Crippen LogP contribution in [0.3, 0.4) is 0 Å². The summed E-state index contributed by atoms with van der Waals surface area (Å²) in [5, 5.41) is 0. The van der Waals surface area contributed by atoms with Crippen molar-refractivity contribution in [3.63, 3.8) is 0 Å². The van der Waals surface area contributed by atoms with Crippen LogP contribution < -0.4 is 5.73 Å². The van der Waals surface area contributed by atoms with Crippen LogP contribution in [-0.2, 0) is 4.74 Å². The summed E-state index contributed by atoms with van der Waals surface area (Å²) in [7, 11) is 0. The molecule has 0 unspecified atom stereocenters. The SMILES string of the molecule is Nc1cc(F)c(SCCN2CCOCC2)c(F)c1. The first kappa shape index (κ1) is 13.6. The number of benzene rings is 1. The van der Waals surface area contributed by atoms with E-state index in [1.807, 2.05) is 0 Å². The lowest BCUT2D eigenvalue weighted by atomic mass is 10.3. The van der Waals surface area contributed by atoms with Crippen molar-refractivity contribution in [2.24, 2.45) is 0 Å². The van der Waals surface area contributed by atoms with Crippen LogP contribution in [0.5, 0.6) is 0 Å². The maximum atomic E-state index is 13.5. The summed E-state index contributed by atoms with van der Waals surface area (Å²) in [5.41, 5.74) is 5.48. The molecule has 1 fully saturated rings. The van der Waals surface area contributed by atoms with Gasteiger partial charge < -0.3 is 10.5 Å². The average molecular weight is 274 g/mol. The van der Waals surface area contributed by atoms with E-state index in [0.29, 0.717) is 5.75 Å². The van der Waals surface area contributed by atoms with Gasteiger partial charge in [-0.2, -0.15) is 0 Å². The molecule has 0 amide bonds. The van der Waals surface area contributed by atoms with Crippen LogP contribution in [0.2, 0.25) is 0 Å². The third-order valence-electron chi connectivity index (χ3n) is 2.78. The second kappa shape index (κ2) is 6.36. The normalized spacial score (nSPS) is 17.0. The Morgan fingerprint density at radius 1 is 1.22 bits per heavy atom. The second-order valence-electron chi connectivity index (χ2n) is 4.12. The number of anilines is 1. The number of hydrogen-bond acceptors (Lipinski definition) is 4. The van der Waals surface area contributed by atoms with Crippen molar-refractivity contribution in [1.82, 2.24) is 4.90 Å². The standard InChI is InChI=1S/C12H16F2N2OS/c13-10-7-9(15)8-11(14)12(10)18-6-3-16-1-4-17-5-2-16/h7-8H,1-6,15H2. The highest BCUT2D eigenvalue weighted by Crippen LogP contribution is 2.27. The Kier molecular flexibility index (Phi) is 4.79. The smallest absolute Gasteiger partial charge is 0.141 e. The van der Waals surface area contributed by atoms with Crippen LogP contribution in [0.25, 0.3) is 0 Å². The zero-order valence-corrected chi connectivity index (χ0v) is 10.8. The zero-order valence-electron chi connectivity index (χ0n) is 9.99. The third-order valence-corrected chi connectivity index (χ3v) is 3.84. The van der Waals surface area contributed by atoms with Gasteiger partial charge in [-0.15, -0.1) is 11.8 Å². The van der Waals surface area contributed by atoms with Gasteiger partial charge in [0.2, 0.25) is 0 Å². The Balaban J connectivity index is 1.86. The first-order valence-corrected chi connectivity index (χ1v) is 6.83. The fourth-order valence-electron chi connectivity index (χ4n) is 1.82. The van der Waals surface area contributed by atoms with Gasteiger partial charge in [-0.05, 0) is 12.1 Å². The Hall–Kier alpha value is -0.850. The summed E-state index contributed by atoms with van der Waals surface area (Å²) >= 11 is 1.19. The number of ether oxygens (including phenoxy) is 1. The number of rotatable bonds is 4. The van der Waals surface area contributed by atoms with Crippen LogP contribution in [0.15, 0.2) is 17.0 Å². The summed E-state index contributed by atoms with van der Waals surface area (Å²) < 4.78 is 32.2. The van der Waals surface area contributed by atoms with Crippen molar-refractivity contribution in [3.8, 4) is 0 Å². The molecule has 2 rings (SSSR count). The van der Waals surface area contributed by atoms with E-state index in [2.05, 4.69) is 4.90 Å². The van der Waals surface area contributed by atoms with Crippen LogP contribution in [0.1, 0.15) is 0 Å². The molecule has 0 aliphatic carbocycles. The number of nitrogens with zero attached hydrogens (tertiary/aromatic N) is 1. The Labute approximate surface area is 109 Å². The van der Waals surface area contributed by atoms with Gasteiger partial charge in [0, 0.05) is 31.1 Å². The summed E-state index contributed by atoms with van der Waals surface area (Å²) in [6.07, 6.45) is 0. The van der Waals surface area contributed by atoms with E-state index >= 15 is 0 Å². The molecule has 1 saturated heterocycles. The van der Waals surface area contributed by atoms with Gasteiger partial charge in [0.25, 0.3) is 0 Å². The van der Waals surface area contributed by atoms with Crippen molar-refractivity contribution in [2.45, 2.75) is 4.90 Å². The lowest BCUT2D eigenvalue weighted by Crippen LogP contribution is -2.37. The van der Waals surface area contributed by atoms with E-state index in [-0.39, 0.29) is 10.6 Å². The lowest BCUT2D eigenvalue weighted by Gasteiger charge is -2.26. The molecule has 2 N–H and O–H groups in total. The first-order valence-electron chi connectivity index (χ1n) is 5.84. The van der Waals surface area contributed by atoms with Gasteiger partial charge in [0.05, 0.1) is 18.1 Å². The second-order valence-corrected chi connectivity index (χ2v) is 5.22. The summed E-state index contributed by atoms with van der Waals surface area (Å²) in [5.74, 6) is -0.517. The topological polar surface area (TPSA) is 38.5 Å². The molecule has 100 valence electrons. The molecule has 0 bridgehead atoms. The minimum absolute atomic E-state index is 0.0532. The molecule has 6 heteroatoms. The largest absolute Gasteiger partial charge is 0.399 e. The van der Waals surface area contributed by atoms with E-state index in [9.17, 15) is 8.78 Å². The van der Waals surface area contributed by atoms with Gasteiger partial charge >= 0.3 is 0 Å². The lowest BCUT2D eigenvalue weighted by molar-refractivity contribution is 0.0410. The minimum Gasteiger partial charge on any atom is -0.399 e. The van der Waals surface area contributed by atoms with E-state index in [0.717, 1.165) is 45.0 Å². The van der Waals surface area contributed by atoms with Crippen LogP contribution in [0, 0.1) is 11.6 Å². The number of thioether (sulfide) groups is 1. The van der Waals surface area contributed by atoms with Crippen LogP contribution in [0.4, 0.5) is 14.5 Å². The molecule has 0 aromatic heterocycles. The van der Waals surface area contributed by atoms with E-state index < -0.39 is 11.6 Å². The fourth-order valence-corrected chi connectivity index (χ4v) is 2.77. The molecular formula is C12H16F2N2OS. The average Bonchev–Trinajstić information content (AvgIpc) is 2.34. The Morgan fingerprint density at radius 3 is 2.44 bits per heavy atom. The number of hydrogen-bond donors (Lipinski definition) is 1. The highest BCUT2D eigenvalue weighted by atomic mass is 32.2. The third kappa shape index (κ3) is 3.57. The molecule has 0 spiro atoms. The maximum absolute atomic E-state index is 13.5. The summed E-state index contributed by atoms with van der Waals surface area (Å²) in [6.45, 7) is 4.03. The van der Waals surface area contributed by atoms with Crippen molar-refractivity contribution in [2.75, 3.05) is 44.3 Å². The predicted molar refractivity (Wildman–Crippen MR) is 68.8 cm³/mol.